The number of nitrogens with zero attached hydrogens (tertiary/aromatic N) is 4. The number of aromatic nitrogens is 3. The van der Waals surface area contributed by atoms with Gasteiger partial charge in [-0.15, -0.1) is 0 Å². The number of methoxy groups -OCH3 is 1. The number of rotatable bonds is 2. The number of carbonyl (C=O) groups is 1. The minimum atomic E-state index is 0.375. The fraction of sp³-hybridized carbons (Fsp3) is 0.500. The van der Waals surface area contributed by atoms with Gasteiger partial charge in [-0.3, -0.25) is 4.79 Å². The summed E-state index contributed by atoms with van der Waals surface area (Å²) in [6.07, 6.45) is 5.50. The molecule has 0 radical (unpaired) electrons. The number of piperidine rings is 1. The lowest BCUT2D eigenvalue weighted by Gasteiger charge is -2.28. The van der Waals surface area contributed by atoms with Gasteiger partial charge in [-0.05, 0) is 53.7 Å². The highest BCUT2D eigenvalue weighted by Crippen LogP contribution is 2.28. The van der Waals surface area contributed by atoms with Crippen LogP contribution in [0.2, 0.25) is 0 Å². The number of carbonyl (C=O) groups excluding carboxylic acids is 1. The van der Waals surface area contributed by atoms with Crippen LogP contribution in [0.3, 0.4) is 0 Å². The predicted molar refractivity (Wildman–Crippen MR) is 84.6 cm³/mol. The molecule has 3 rings (SSSR count). The Labute approximate surface area is 132 Å². The molecule has 6 nitrogen and oxygen atoms in total. The van der Waals surface area contributed by atoms with Gasteiger partial charge in [0, 0.05) is 13.1 Å². The van der Waals surface area contributed by atoms with Crippen molar-refractivity contribution in [3.63, 3.8) is 0 Å². The fourth-order valence-corrected chi connectivity index (χ4v) is 3.11. The van der Waals surface area contributed by atoms with Crippen molar-refractivity contribution in [3.8, 4) is 0 Å². The van der Waals surface area contributed by atoms with Gasteiger partial charge in [0.1, 0.15) is 16.4 Å². The molecular weight excluding hydrogens is 336 g/mol. The molecule has 1 fully saturated rings. The van der Waals surface area contributed by atoms with Crippen LogP contribution in [0.15, 0.2) is 17.0 Å². The first-order valence-electron chi connectivity index (χ1n) is 6.89. The number of fused-ring (bicyclic) bond motifs is 1. The quantitative estimate of drug-likeness (QED) is 0.775. The van der Waals surface area contributed by atoms with E-state index in [-0.39, 0.29) is 0 Å². The van der Waals surface area contributed by atoms with Crippen molar-refractivity contribution in [2.45, 2.75) is 26.2 Å². The lowest BCUT2D eigenvalue weighted by molar-refractivity contribution is -0.126. The SMILES string of the molecule is COC=O.Cc1cc(Br)n2ncnc(N3CCCCC3)c12. The second kappa shape index (κ2) is 7.40. The van der Waals surface area contributed by atoms with Crippen molar-refractivity contribution >= 4 is 33.7 Å². The van der Waals surface area contributed by atoms with E-state index in [4.69, 9.17) is 4.79 Å². The van der Waals surface area contributed by atoms with Gasteiger partial charge in [-0.2, -0.15) is 5.10 Å². The minimum absolute atomic E-state index is 0.375. The number of anilines is 1. The van der Waals surface area contributed by atoms with Crippen molar-refractivity contribution in [3.05, 3.63) is 22.6 Å². The third kappa shape index (κ3) is 3.53. The van der Waals surface area contributed by atoms with Crippen LogP contribution in [0.5, 0.6) is 0 Å². The smallest absolute Gasteiger partial charge is 0.292 e. The molecule has 114 valence electrons. The molecule has 1 aliphatic heterocycles. The maximum Gasteiger partial charge on any atom is 0.292 e. The van der Waals surface area contributed by atoms with Crippen molar-refractivity contribution in [2.75, 3.05) is 25.1 Å². The summed E-state index contributed by atoms with van der Waals surface area (Å²) in [5, 5.41) is 4.29. The Kier molecular flexibility index (Phi) is 5.55. The monoisotopic (exact) mass is 354 g/mol. The number of hydrogen-bond donors (Lipinski definition) is 0. The van der Waals surface area contributed by atoms with Crippen LogP contribution in [-0.2, 0) is 9.53 Å². The molecule has 0 saturated carbocycles. The van der Waals surface area contributed by atoms with Crippen LogP contribution in [0, 0.1) is 6.92 Å². The zero-order chi connectivity index (χ0) is 15.2. The van der Waals surface area contributed by atoms with E-state index in [9.17, 15) is 0 Å². The van der Waals surface area contributed by atoms with Gasteiger partial charge in [0.05, 0.1) is 7.11 Å². The summed E-state index contributed by atoms with van der Waals surface area (Å²) in [7, 11) is 1.31. The molecule has 0 amide bonds. The average Bonchev–Trinajstić information content (AvgIpc) is 2.83. The topological polar surface area (TPSA) is 59.7 Å². The van der Waals surface area contributed by atoms with E-state index in [0.29, 0.717) is 6.47 Å². The lowest BCUT2D eigenvalue weighted by atomic mass is 10.1. The predicted octanol–water partition coefficient (Wildman–Crippen LogP) is 2.58. The number of aryl methyl sites for hydroxylation is 1. The van der Waals surface area contributed by atoms with E-state index < -0.39 is 0 Å². The number of ether oxygens (including phenoxy) is 1. The van der Waals surface area contributed by atoms with E-state index in [0.717, 1.165) is 29.0 Å². The van der Waals surface area contributed by atoms with Gasteiger partial charge in [-0.1, -0.05) is 0 Å². The highest BCUT2D eigenvalue weighted by molar-refractivity contribution is 9.10. The second-order valence-electron chi connectivity index (χ2n) is 4.87. The Morgan fingerprint density at radius 1 is 1.33 bits per heavy atom. The molecule has 0 unspecified atom stereocenters. The Morgan fingerprint density at radius 2 is 2.00 bits per heavy atom. The molecule has 0 atom stereocenters. The molecule has 0 spiro atoms. The Bertz CT molecular complexity index is 608. The highest BCUT2D eigenvalue weighted by Gasteiger charge is 2.18. The van der Waals surface area contributed by atoms with Crippen LogP contribution in [0.1, 0.15) is 24.8 Å². The largest absolute Gasteiger partial charge is 0.471 e. The summed E-state index contributed by atoms with van der Waals surface area (Å²) in [5.74, 6) is 1.07. The Balaban J connectivity index is 0.000000361. The van der Waals surface area contributed by atoms with Gasteiger partial charge in [0.2, 0.25) is 0 Å². The van der Waals surface area contributed by atoms with Gasteiger partial charge >= 0.3 is 0 Å². The molecule has 0 bridgehead atoms. The van der Waals surface area contributed by atoms with Crippen LogP contribution in [0.25, 0.3) is 5.52 Å². The molecule has 1 saturated heterocycles. The molecule has 2 aromatic rings. The molecular formula is C14H19BrN4O2. The minimum Gasteiger partial charge on any atom is -0.471 e. The molecule has 0 aromatic carbocycles. The van der Waals surface area contributed by atoms with E-state index in [1.54, 1.807) is 6.33 Å². The second-order valence-corrected chi connectivity index (χ2v) is 5.69. The molecule has 1 aliphatic rings. The molecule has 2 aromatic heterocycles. The summed E-state index contributed by atoms with van der Waals surface area (Å²) < 4.78 is 6.78. The zero-order valence-corrected chi connectivity index (χ0v) is 13.8. The summed E-state index contributed by atoms with van der Waals surface area (Å²) in [4.78, 5) is 15.8. The van der Waals surface area contributed by atoms with E-state index in [1.807, 2.05) is 4.52 Å². The lowest BCUT2D eigenvalue weighted by Crippen LogP contribution is -2.30. The van der Waals surface area contributed by atoms with E-state index in [1.165, 1.54) is 31.9 Å². The first kappa shape index (κ1) is 15.8. The van der Waals surface area contributed by atoms with Gasteiger partial charge < -0.3 is 9.64 Å². The number of hydrogen-bond acceptors (Lipinski definition) is 5. The van der Waals surface area contributed by atoms with Crippen molar-refractivity contribution in [2.24, 2.45) is 0 Å². The van der Waals surface area contributed by atoms with Crippen molar-refractivity contribution in [1.29, 1.82) is 0 Å². The summed E-state index contributed by atoms with van der Waals surface area (Å²) in [6, 6.07) is 2.09. The summed E-state index contributed by atoms with van der Waals surface area (Å²) in [6.45, 7) is 4.70. The molecule has 0 aliphatic carbocycles. The highest BCUT2D eigenvalue weighted by atomic mass is 79.9. The van der Waals surface area contributed by atoms with E-state index in [2.05, 4.69) is 48.6 Å². The molecule has 21 heavy (non-hydrogen) atoms. The first-order chi connectivity index (χ1) is 10.2. The van der Waals surface area contributed by atoms with Crippen molar-refractivity contribution in [1.82, 2.24) is 14.6 Å². The summed E-state index contributed by atoms with van der Waals surface area (Å²) >= 11 is 3.53. The summed E-state index contributed by atoms with van der Waals surface area (Å²) in [5.41, 5.74) is 2.35. The number of halogens is 1. The standard InChI is InChI=1S/C12H15BrN4.C2H4O2/c1-9-7-10(13)17-11(9)12(14-8-15-17)16-5-3-2-4-6-16;1-4-2-3/h7-8H,2-6H2,1H3;2H,1H3. The molecule has 0 N–H and O–H groups in total. The normalized spacial score (nSPS) is 14.5. The molecule has 3 heterocycles. The average molecular weight is 355 g/mol. The van der Waals surface area contributed by atoms with Crippen LogP contribution >= 0.6 is 15.9 Å². The Morgan fingerprint density at radius 3 is 2.62 bits per heavy atom. The third-order valence-electron chi connectivity index (χ3n) is 3.43. The van der Waals surface area contributed by atoms with Gasteiger partial charge in [0.15, 0.2) is 5.82 Å². The molecule has 7 heteroatoms. The fourth-order valence-electron chi connectivity index (χ4n) is 2.50. The maximum absolute atomic E-state index is 8.95. The first-order valence-corrected chi connectivity index (χ1v) is 7.68. The van der Waals surface area contributed by atoms with Crippen LogP contribution in [0.4, 0.5) is 5.82 Å². The van der Waals surface area contributed by atoms with E-state index >= 15 is 0 Å². The Hall–Kier alpha value is -1.63. The maximum atomic E-state index is 8.95. The van der Waals surface area contributed by atoms with Crippen LogP contribution < -0.4 is 4.90 Å². The van der Waals surface area contributed by atoms with Crippen LogP contribution in [-0.4, -0.2) is 41.3 Å². The third-order valence-corrected chi connectivity index (χ3v) is 4.00. The zero-order valence-electron chi connectivity index (χ0n) is 12.3. The van der Waals surface area contributed by atoms with Gasteiger partial charge in [0.25, 0.3) is 6.47 Å². The van der Waals surface area contributed by atoms with Gasteiger partial charge in [-0.25, -0.2) is 9.50 Å². The van der Waals surface area contributed by atoms with Crippen molar-refractivity contribution < 1.29 is 9.53 Å².